The topological polar surface area (TPSA) is 20.2 Å². The maximum absolute atomic E-state index is 9.53. The molecule has 0 heterocycles. The predicted molar refractivity (Wildman–Crippen MR) is 50.8 cm³/mol. The monoisotopic (exact) mass is 174 g/mol. The maximum Gasteiger partial charge on any atom is 0.105 e. The Balaban J connectivity index is 2.24. The summed E-state index contributed by atoms with van der Waals surface area (Å²) >= 11 is 1.73. The van der Waals surface area contributed by atoms with E-state index in [0.717, 1.165) is 0 Å². The predicted octanol–water partition coefficient (Wildman–Crippen LogP) is 2.78. The second-order valence-corrected chi connectivity index (χ2v) is 5.73. The Hall–Kier alpha value is 0.310. The van der Waals surface area contributed by atoms with Crippen LogP contribution in [0.1, 0.15) is 46.0 Å². The molecule has 0 bridgehead atoms. The van der Waals surface area contributed by atoms with Crippen molar-refractivity contribution >= 4 is 11.8 Å². The fourth-order valence-electron chi connectivity index (χ4n) is 1.59. The molecule has 66 valence electrons. The summed E-state index contributed by atoms with van der Waals surface area (Å²) in [4.78, 5) is -0.526. The molecular formula is C9H18OS. The zero-order valence-electron chi connectivity index (χ0n) is 7.47. The molecule has 1 rings (SSSR count). The second-order valence-electron chi connectivity index (χ2n) is 3.82. The van der Waals surface area contributed by atoms with Crippen molar-refractivity contribution < 1.29 is 5.11 Å². The highest BCUT2D eigenvalue weighted by Crippen LogP contribution is 2.34. The van der Waals surface area contributed by atoms with Gasteiger partial charge in [0, 0.05) is 5.25 Å². The highest BCUT2D eigenvalue weighted by molar-refractivity contribution is 8.01. The van der Waals surface area contributed by atoms with E-state index in [1.807, 2.05) is 13.8 Å². The lowest BCUT2D eigenvalue weighted by molar-refractivity contribution is 0.177. The number of hydrogen-bond donors (Lipinski definition) is 1. The van der Waals surface area contributed by atoms with Gasteiger partial charge >= 0.3 is 0 Å². The minimum Gasteiger partial charge on any atom is -0.380 e. The second kappa shape index (κ2) is 3.81. The van der Waals surface area contributed by atoms with Gasteiger partial charge in [0.25, 0.3) is 0 Å². The van der Waals surface area contributed by atoms with Crippen molar-refractivity contribution in [1.29, 1.82) is 0 Å². The zero-order valence-corrected chi connectivity index (χ0v) is 8.28. The first-order valence-electron chi connectivity index (χ1n) is 4.48. The average molecular weight is 174 g/mol. The molecule has 0 aromatic heterocycles. The smallest absolute Gasteiger partial charge is 0.105 e. The van der Waals surface area contributed by atoms with Crippen molar-refractivity contribution in [1.82, 2.24) is 0 Å². The van der Waals surface area contributed by atoms with Gasteiger partial charge in [-0.05, 0) is 26.7 Å². The van der Waals surface area contributed by atoms with Crippen molar-refractivity contribution in [2.45, 2.75) is 56.1 Å². The molecule has 11 heavy (non-hydrogen) atoms. The molecule has 0 atom stereocenters. The molecule has 0 aromatic carbocycles. The van der Waals surface area contributed by atoms with Gasteiger partial charge in [0.15, 0.2) is 0 Å². The molecule has 2 heteroatoms. The molecule has 1 aliphatic rings. The third-order valence-electron chi connectivity index (χ3n) is 2.01. The Morgan fingerprint density at radius 1 is 1.18 bits per heavy atom. The summed E-state index contributed by atoms with van der Waals surface area (Å²) in [6.45, 7) is 3.76. The van der Waals surface area contributed by atoms with Crippen LogP contribution in [0.15, 0.2) is 0 Å². The first-order valence-corrected chi connectivity index (χ1v) is 5.36. The van der Waals surface area contributed by atoms with E-state index >= 15 is 0 Å². The lowest BCUT2D eigenvalue weighted by Gasteiger charge is -2.27. The van der Waals surface area contributed by atoms with E-state index in [1.165, 1.54) is 32.1 Å². The standard InChI is InChI=1S/C9H18OS/c1-9(2,10)11-8-6-4-3-5-7-8/h8,10H,3-7H2,1-2H3. The van der Waals surface area contributed by atoms with Gasteiger partial charge in [-0.15, -0.1) is 11.8 Å². The maximum atomic E-state index is 9.53. The quantitative estimate of drug-likeness (QED) is 0.650. The van der Waals surface area contributed by atoms with E-state index in [-0.39, 0.29) is 0 Å². The number of thioether (sulfide) groups is 1. The van der Waals surface area contributed by atoms with Crippen molar-refractivity contribution in [2.24, 2.45) is 0 Å². The molecule has 1 saturated carbocycles. The molecule has 1 aliphatic carbocycles. The average Bonchev–Trinajstić information content (AvgIpc) is 1.85. The van der Waals surface area contributed by atoms with Crippen LogP contribution in [0.3, 0.4) is 0 Å². The molecule has 0 unspecified atom stereocenters. The number of hydrogen-bond acceptors (Lipinski definition) is 2. The van der Waals surface area contributed by atoms with Crippen molar-refractivity contribution in [3.05, 3.63) is 0 Å². The first-order chi connectivity index (χ1) is 5.08. The van der Waals surface area contributed by atoms with Crippen LogP contribution in [-0.2, 0) is 0 Å². The van der Waals surface area contributed by atoms with Gasteiger partial charge in [-0.25, -0.2) is 0 Å². The molecule has 1 nitrogen and oxygen atoms in total. The lowest BCUT2D eigenvalue weighted by Crippen LogP contribution is -2.20. The molecule has 0 aromatic rings. The van der Waals surface area contributed by atoms with Gasteiger partial charge in [-0.2, -0.15) is 0 Å². The fraction of sp³-hybridized carbons (Fsp3) is 1.00. The van der Waals surface area contributed by atoms with Gasteiger partial charge in [0.1, 0.15) is 4.93 Å². The summed E-state index contributed by atoms with van der Waals surface area (Å²) in [5, 5.41) is 10.2. The molecule has 1 N–H and O–H groups in total. The van der Waals surface area contributed by atoms with Crippen molar-refractivity contribution in [3.8, 4) is 0 Å². The number of rotatable bonds is 2. The minimum absolute atomic E-state index is 0.526. The first kappa shape index (κ1) is 9.40. The lowest BCUT2D eigenvalue weighted by atomic mass is 10.0. The van der Waals surface area contributed by atoms with Gasteiger partial charge in [0.05, 0.1) is 0 Å². The summed E-state index contributed by atoms with van der Waals surface area (Å²) in [5.41, 5.74) is 0. The van der Waals surface area contributed by atoms with E-state index < -0.39 is 4.93 Å². The van der Waals surface area contributed by atoms with Gasteiger partial charge in [-0.3, -0.25) is 0 Å². The Morgan fingerprint density at radius 2 is 1.73 bits per heavy atom. The zero-order chi connectivity index (χ0) is 8.32. The van der Waals surface area contributed by atoms with E-state index in [2.05, 4.69) is 0 Å². The van der Waals surface area contributed by atoms with Crippen LogP contribution in [0.2, 0.25) is 0 Å². The van der Waals surface area contributed by atoms with Crippen molar-refractivity contribution in [2.75, 3.05) is 0 Å². The fourth-order valence-corrected chi connectivity index (χ4v) is 2.98. The van der Waals surface area contributed by atoms with Crippen LogP contribution in [0, 0.1) is 0 Å². The Labute approximate surface area is 73.6 Å². The molecule has 0 radical (unpaired) electrons. The number of aliphatic hydroxyl groups is 1. The van der Waals surface area contributed by atoms with Crippen LogP contribution in [0.25, 0.3) is 0 Å². The van der Waals surface area contributed by atoms with Crippen LogP contribution >= 0.6 is 11.8 Å². The summed E-state index contributed by atoms with van der Waals surface area (Å²) < 4.78 is 0. The summed E-state index contributed by atoms with van der Waals surface area (Å²) in [6, 6.07) is 0. The summed E-state index contributed by atoms with van der Waals surface area (Å²) in [7, 11) is 0. The van der Waals surface area contributed by atoms with E-state index in [1.54, 1.807) is 11.8 Å². The SMILES string of the molecule is CC(C)(O)SC1CCCCC1. The van der Waals surface area contributed by atoms with Crippen molar-refractivity contribution in [3.63, 3.8) is 0 Å². The van der Waals surface area contributed by atoms with E-state index in [0.29, 0.717) is 5.25 Å². The normalized spacial score (nSPS) is 22.1. The molecule has 0 spiro atoms. The third-order valence-corrected chi connectivity index (χ3v) is 3.39. The Kier molecular flexibility index (Phi) is 3.26. The molecule has 0 saturated heterocycles. The minimum atomic E-state index is -0.526. The largest absolute Gasteiger partial charge is 0.380 e. The van der Waals surface area contributed by atoms with Crippen LogP contribution in [0.5, 0.6) is 0 Å². The molecule has 1 fully saturated rings. The summed E-state index contributed by atoms with van der Waals surface area (Å²) in [6.07, 6.45) is 6.70. The van der Waals surface area contributed by atoms with Gasteiger partial charge < -0.3 is 5.11 Å². The van der Waals surface area contributed by atoms with Crippen LogP contribution in [0.4, 0.5) is 0 Å². The van der Waals surface area contributed by atoms with Crippen LogP contribution < -0.4 is 0 Å². The van der Waals surface area contributed by atoms with Crippen LogP contribution in [-0.4, -0.2) is 15.3 Å². The van der Waals surface area contributed by atoms with Gasteiger partial charge in [-0.1, -0.05) is 19.3 Å². The van der Waals surface area contributed by atoms with Gasteiger partial charge in [0.2, 0.25) is 0 Å². The Bertz CT molecular complexity index is 111. The molecule has 0 amide bonds. The van der Waals surface area contributed by atoms with E-state index in [4.69, 9.17) is 0 Å². The highest BCUT2D eigenvalue weighted by atomic mass is 32.2. The highest BCUT2D eigenvalue weighted by Gasteiger charge is 2.22. The molecule has 0 aliphatic heterocycles. The summed E-state index contributed by atoms with van der Waals surface area (Å²) in [5.74, 6) is 0. The van der Waals surface area contributed by atoms with E-state index in [9.17, 15) is 5.11 Å². The molecular weight excluding hydrogens is 156 g/mol. The Morgan fingerprint density at radius 3 is 2.18 bits per heavy atom. The third kappa shape index (κ3) is 4.02.